The van der Waals surface area contributed by atoms with E-state index in [9.17, 15) is 4.79 Å². The lowest BCUT2D eigenvalue weighted by Gasteiger charge is -2.15. The molecule has 5 nitrogen and oxygen atoms in total. The van der Waals surface area contributed by atoms with E-state index in [2.05, 4.69) is 15.0 Å². The largest absolute Gasteiger partial charge is 0.376 e. The van der Waals surface area contributed by atoms with Crippen molar-refractivity contribution in [2.24, 2.45) is 0 Å². The summed E-state index contributed by atoms with van der Waals surface area (Å²) in [6, 6.07) is 3.84. The van der Waals surface area contributed by atoms with E-state index in [1.165, 1.54) is 0 Å². The Morgan fingerprint density at radius 2 is 2.39 bits per heavy atom. The van der Waals surface area contributed by atoms with Crippen molar-refractivity contribution in [1.82, 2.24) is 15.0 Å². The number of hydrogen-bond donors (Lipinski definition) is 1. The predicted octanol–water partition coefficient (Wildman–Crippen LogP) is 0.828. The molecule has 0 fully saturated rings. The van der Waals surface area contributed by atoms with E-state index in [1.54, 1.807) is 12.4 Å². The molecule has 0 aromatic carbocycles. The SMILES string of the molecule is O=c1[nH]c(Cc2cccnc2)nc2c1COCC2. The second-order valence-electron chi connectivity index (χ2n) is 4.28. The number of ether oxygens (including phenoxy) is 1. The van der Waals surface area contributed by atoms with Crippen molar-refractivity contribution in [2.45, 2.75) is 19.4 Å². The van der Waals surface area contributed by atoms with Crippen LogP contribution in [0.5, 0.6) is 0 Å². The van der Waals surface area contributed by atoms with E-state index in [0.717, 1.165) is 11.3 Å². The molecule has 3 heterocycles. The molecule has 0 saturated heterocycles. The summed E-state index contributed by atoms with van der Waals surface area (Å²) in [5, 5.41) is 0. The van der Waals surface area contributed by atoms with Gasteiger partial charge in [-0.2, -0.15) is 0 Å². The lowest BCUT2D eigenvalue weighted by Crippen LogP contribution is -2.25. The number of rotatable bonds is 2. The number of nitrogens with zero attached hydrogens (tertiary/aromatic N) is 2. The minimum absolute atomic E-state index is 0.0846. The van der Waals surface area contributed by atoms with E-state index in [1.807, 2.05) is 12.1 Å². The molecule has 0 radical (unpaired) electrons. The molecule has 0 saturated carbocycles. The molecular weight excluding hydrogens is 230 g/mol. The van der Waals surface area contributed by atoms with Gasteiger partial charge in [-0.3, -0.25) is 9.78 Å². The first-order chi connectivity index (χ1) is 8.83. The molecule has 2 aromatic heterocycles. The van der Waals surface area contributed by atoms with Gasteiger partial charge in [-0.15, -0.1) is 0 Å². The maximum atomic E-state index is 11.9. The summed E-state index contributed by atoms with van der Waals surface area (Å²) >= 11 is 0. The molecule has 18 heavy (non-hydrogen) atoms. The third kappa shape index (κ3) is 2.17. The first-order valence-electron chi connectivity index (χ1n) is 5.90. The van der Waals surface area contributed by atoms with Gasteiger partial charge >= 0.3 is 0 Å². The zero-order valence-corrected chi connectivity index (χ0v) is 9.85. The first kappa shape index (κ1) is 11.1. The van der Waals surface area contributed by atoms with E-state index in [4.69, 9.17) is 4.74 Å². The van der Waals surface area contributed by atoms with E-state index >= 15 is 0 Å². The summed E-state index contributed by atoms with van der Waals surface area (Å²) in [5.74, 6) is 0.689. The molecule has 0 atom stereocenters. The van der Waals surface area contributed by atoms with Crippen LogP contribution in [0.25, 0.3) is 0 Å². The van der Waals surface area contributed by atoms with Crippen LogP contribution in [0, 0.1) is 0 Å². The van der Waals surface area contributed by atoms with Crippen molar-refractivity contribution in [1.29, 1.82) is 0 Å². The summed E-state index contributed by atoms with van der Waals surface area (Å²) in [6.45, 7) is 1.00. The summed E-state index contributed by atoms with van der Waals surface area (Å²) in [7, 11) is 0. The van der Waals surface area contributed by atoms with Crippen LogP contribution in [-0.2, 0) is 24.2 Å². The average molecular weight is 243 g/mol. The molecule has 2 aromatic rings. The molecule has 0 bridgehead atoms. The van der Waals surface area contributed by atoms with E-state index in [0.29, 0.717) is 37.4 Å². The van der Waals surface area contributed by atoms with Gasteiger partial charge in [0.25, 0.3) is 5.56 Å². The molecule has 3 rings (SSSR count). The topological polar surface area (TPSA) is 67.9 Å². The van der Waals surface area contributed by atoms with Crippen LogP contribution in [0.2, 0.25) is 0 Å². The second kappa shape index (κ2) is 4.70. The monoisotopic (exact) mass is 243 g/mol. The molecule has 1 N–H and O–H groups in total. The van der Waals surface area contributed by atoms with Crippen LogP contribution in [-0.4, -0.2) is 21.6 Å². The Bertz CT molecular complexity index is 607. The summed E-state index contributed by atoms with van der Waals surface area (Å²) in [5.41, 5.74) is 2.48. The third-order valence-corrected chi connectivity index (χ3v) is 2.97. The Morgan fingerprint density at radius 3 is 3.22 bits per heavy atom. The number of hydrogen-bond acceptors (Lipinski definition) is 4. The van der Waals surface area contributed by atoms with Gasteiger partial charge in [0, 0.05) is 25.2 Å². The van der Waals surface area contributed by atoms with Gasteiger partial charge in [-0.05, 0) is 11.6 Å². The minimum Gasteiger partial charge on any atom is -0.376 e. The van der Waals surface area contributed by atoms with Gasteiger partial charge < -0.3 is 9.72 Å². The Labute approximate surface area is 104 Å². The molecule has 1 aliphatic rings. The van der Waals surface area contributed by atoms with Crippen molar-refractivity contribution < 1.29 is 4.74 Å². The third-order valence-electron chi connectivity index (χ3n) is 2.97. The average Bonchev–Trinajstić information content (AvgIpc) is 2.40. The van der Waals surface area contributed by atoms with Crippen LogP contribution in [0.1, 0.15) is 22.6 Å². The second-order valence-corrected chi connectivity index (χ2v) is 4.28. The van der Waals surface area contributed by atoms with Gasteiger partial charge in [0.15, 0.2) is 0 Å². The van der Waals surface area contributed by atoms with Crippen LogP contribution < -0.4 is 5.56 Å². The number of aromatic amines is 1. The molecule has 92 valence electrons. The summed E-state index contributed by atoms with van der Waals surface area (Å²) in [6.07, 6.45) is 4.81. The van der Waals surface area contributed by atoms with Crippen molar-refractivity contribution in [3.63, 3.8) is 0 Å². The maximum Gasteiger partial charge on any atom is 0.256 e. The van der Waals surface area contributed by atoms with Crippen LogP contribution in [0.4, 0.5) is 0 Å². The normalized spacial score (nSPS) is 14.2. The summed E-state index contributed by atoms with van der Waals surface area (Å²) < 4.78 is 5.26. The highest BCUT2D eigenvalue weighted by atomic mass is 16.5. The van der Waals surface area contributed by atoms with E-state index in [-0.39, 0.29) is 5.56 Å². The van der Waals surface area contributed by atoms with Gasteiger partial charge in [-0.1, -0.05) is 6.07 Å². The highest BCUT2D eigenvalue weighted by Gasteiger charge is 2.15. The predicted molar refractivity (Wildman–Crippen MR) is 65.3 cm³/mol. The van der Waals surface area contributed by atoms with Crippen LogP contribution in [0.15, 0.2) is 29.3 Å². The smallest absolute Gasteiger partial charge is 0.256 e. The highest BCUT2D eigenvalue weighted by Crippen LogP contribution is 2.11. The fraction of sp³-hybridized carbons (Fsp3) is 0.308. The van der Waals surface area contributed by atoms with Crippen molar-refractivity contribution in [3.8, 4) is 0 Å². The Hall–Kier alpha value is -2.01. The van der Waals surface area contributed by atoms with Crippen molar-refractivity contribution in [2.75, 3.05) is 6.61 Å². The minimum atomic E-state index is -0.0846. The molecule has 0 unspecified atom stereocenters. The first-order valence-corrected chi connectivity index (χ1v) is 5.90. The maximum absolute atomic E-state index is 11.9. The number of pyridine rings is 1. The Balaban J connectivity index is 1.94. The highest BCUT2D eigenvalue weighted by molar-refractivity contribution is 5.21. The molecule has 0 amide bonds. The van der Waals surface area contributed by atoms with Gasteiger partial charge in [0.2, 0.25) is 0 Å². The Kier molecular flexibility index (Phi) is 2.90. The van der Waals surface area contributed by atoms with E-state index < -0.39 is 0 Å². The van der Waals surface area contributed by atoms with Gasteiger partial charge in [-0.25, -0.2) is 4.98 Å². The summed E-state index contributed by atoms with van der Waals surface area (Å²) in [4.78, 5) is 23.3. The molecular formula is C13H13N3O2. The number of aromatic nitrogens is 3. The fourth-order valence-electron chi connectivity index (χ4n) is 2.07. The standard InChI is InChI=1S/C13H13N3O2/c17-13-10-8-18-5-3-11(10)15-12(16-13)6-9-2-1-4-14-7-9/h1-2,4,7H,3,5-6,8H2,(H,15,16,17). The van der Waals surface area contributed by atoms with Crippen molar-refractivity contribution in [3.05, 3.63) is 57.5 Å². The van der Waals surface area contributed by atoms with Crippen LogP contribution >= 0.6 is 0 Å². The number of nitrogens with one attached hydrogen (secondary N) is 1. The zero-order chi connectivity index (χ0) is 12.4. The van der Waals surface area contributed by atoms with Crippen molar-refractivity contribution >= 4 is 0 Å². The van der Waals surface area contributed by atoms with Crippen LogP contribution in [0.3, 0.4) is 0 Å². The van der Waals surface area contributed by atoms with Gasteiger partial charge in [0.1, 0.15) is 5.82 Å². The molecule has 0 spiro atoms. The lowest BCUT2D eigenvalue weighted by atomic mass is 10.1. The molecule has 5 heteroatoms. The quantitative estimate of drug-likeness (QED) is 0.848. The number of fused-ring (bicyclic) bond motifs is 1. The molecule has 1 aliphatic heterocycles. The zero-order valence-electron chi connectivity index (χ0n) is 9.85. The fourth-order valence-corrected chi connectivity index (χ4v) is 2.07. The van der Waals surface area contributed by atoms with Gasteiger partial charge in [0.05, 0.1) is 24.5 Å². The molecule has 0 aliphatic carbocycles. The number of H-pyrrole nitrogens is 1. The lowest BCUT2D eigenvalue weighted by molar-refractivity contribution is 0.108. The Morgan fingerprint density at radius 1 is 1.44 bits per heavy atom.